The Morgan fingerprint density at radius 2 is 1.59 bits per heavy atom. The number of rotatable bonds is 4. The van der Waals surface area contributed by atoms with Gasteiger partial charge in [0.1, 0.15) is 6.61 Å². The number of nitrogens with zero attached hydrogens (tertiary/aromatic N) is 2. The predicted molar refractivity (Wildman–Crippen MR) is 138 cm³/mol. The third kappa shape index (κ3) is 4.10. The summed E-state index contributed by atoms with van der Waals surface area (Å²) in [5, 5.41) is 9.14. The Kier molecular flexibility index (Phi) is 6.02. The van der Waals surface area contributed by atoms with Gasteiger partial charge in [-0.3, -0.25) is 9.69 Å². The number of fused-ring (bicyclic) bond motifs is 5. The van der Waals surface area contributed by atoms with Crippen molar-refractivity contribution in [1.29, 1.82) is 5.26 Å². The zero-order chi connectivity index (χ0) is 25.5. The van der Waals surface area contributed by atoms with Gasteiger partial charge in [-0.05, 0) is 65.8 Å². The molecule has 1 aliphatic carbocycles. The summed E-state index contributed by atoms with van der Waals surface area (Å²) in [5.74, 6) is -0.111. The molecule has 37 heavy (non-hydrogen) atoms. The molecule has 3 aromatic rings. The lowest BCUT2D eigenvalue weighted by Crippen LogP contribution is -2.60. The predicted octanol–water partition coefficient (Wildman–Crippen LogP) is 5.48. The number of morpholine rings is 1. The molecule has 2 atom stereocenters. The number of ether oxygens (including phenoxy) is 2. The largest absolute Gasteiger partial charge is 0.448 e. The standard InChI is InChI=1S/C31H28N2O4/c1-19-12-20(15-32)10-11-24(19)30(34)21-13-22-16-36-17-23(14-21)33(22)31(35)37-18-29-27-8-4-2-6-25(27)26-7-3-5-9-28(26)29/h2-12,21-23,29H,13-14,16-18H2,1H3. The first-order valence-corrected chi connectivity index (χ1v) is 12.8. The molecule has 2 saturated heterocycles. The number of piperidine rings is 1. The van der Waals surface area contributed by atoms with E-state index in [0.717, 1.165) is 5.56 Å². The second-order valence-electron chi connectivity index (χ2n) is 10.2. The molecule has 1 amide bonds. The number of aryl methyl sites for hydroxylation is 1. The molecule has 0 radical (unpaired) electrons. The highest BCUT2D eigenvalue weighted by atomic mass is 16.6. The average molecular weight is 493 g/mol. The van der Waals surface area contributed by atoms with Crippen LogP contribution in [0, 0.1) is 24.2 Å². The Morgan fingerprint density at radius 1 is 0.973 bits per heavy atom. The summed E-state index contributed by atoms with van der Waals surface area (Å²) in [6, 6.07) is 23.5. The lowest BCUT2D eigenvalue weighted by molar-refractivity contribution is -0.0747. The van der Waals surface area contributed by atoms with Crippen molar-refractivity contribution in [3.8, 4) is 17.2 Å². The van der Waals surface area contributed by atoms with Crippen LogP contribution in [0.2, 0.25) is 0 Å². The number of carbonyl (C=O) groups is 2. The fraction of sp³-hybridized carbons (Fsp3) is 0.323. The number of hydrogen-bond acceptors (Lipinski definition) is 5. The molecule has 2 heterocycles. The smallest absolute Gasteiger partial charge is 0.410 e. The van der Waals surface area contributed by atoms with Crippen LogP contribution in [-0.2, 0) is 9.47 Å². The molecule has 0 N–H and O–H groups in total. The van der Waals surface area contributed by atoms with Crippen molar-refractivity contribution < 1.29 is 19.1 Å². The number of hydrogen-bond donors (Lipinski definition) is 0. The fourth-order valence-electron chi connectivity index (χ4n) is 6.33. The van der Waals surface area contributed by atoms with Gasteiger partial charge in [-0.2, -0.15) is 5.26 Å². The van der Waals surface area contributed by atoms with Gasteiger partial charge in [-0.25, -0.2) is 4.79 Å². The van der Waals surface area contributed by atoms with Crippen LogP contribution in [0.3, 0.4) is 0 Å². The van der Waals surface area contributed by atoms with Crippen molar-refractivity contribution in [2.45, 2.75) is 37.8 Å². The molecule has 2 bridgehead atoms. The number of Topliss-reactive ketones (excluding diaryl/α,β-unsaturated/α-hetero) is 1. The Bertz CT molecular complexity index is 1370. The summed E-state index contributed by atoms with van der Waals surface area (Å²) in [7, 11) is 0. The van der Waals surface area contributed by atoms with Crippen LogP contribution in [0.15, 0.2) is 66.7 Å². The summed E-state index contributed by atoms with van der Waals surface area (Å²) in [6.45, 7) is 2.94. The van der Waals surface area contributed by atoms with Gasteiger partial charge in [0.05, 0.1) is 36.9 Å². The molecule has 2 unspecified atom stereocenters. The third-order valence-corrected chi connectivity index (χ3v) is 8.06. The number of ketones is 1. The van der Waals surface area contributed by atoms with Gasteiger partial charge < -0.3 is 9.47 Å². The molecular weight excluding hydrogens is 464 g/mol. The molecule has 6 heteroatoms. The van der Waals surface area contributed by atoms with Crippen LogP contribution < -0.4 is 0 Å². The van der Waals surface area contributed by atoms with Gasteiger partial charge in [0.25, 0.3) is 0 Å². The van der Waals surface area contributed by atoms with Crippen LogP contribution in [0.25, 0.3) is 11.1 Å². The van der Waals surface area contributed by atoms with Crippen molar-refractivity contribution in [3.05, 3.63) is 94.5 Å². The van der Waals surface area contributed by atoms with E-state index in [9.17, 15) is 9.59 Å². The first-order valence-electron chi connectivity index (χ1n) is 12.8. The Labute approximate surface area is 216 Å². The Hall–Kier alpha value is -3.95. The van der Waals surface area contributed by atoms with Gasteiger partial charge in [0, 0.05) is 17.4 Å². The number of nitriles is 1. The van der Waals surface area contributed by atoms with Crippen molar-refractivity contribution in [3.63, 3.8) is 0 Å². The van der Waals surface area contributed by atoms with E-state index in [-0.39, 0.29) is 42.4 Å². The molecule has 186 valence electrons. The summed E-state index contributed by atoms with van der Waals surface area (Å²) < 4.78 is 11.7. The van der Waals surface area contributed by atoms with Gasteiger partial charge in [0.15, 0.2) is 5.78 Å². The molecular formula is C31H28N2O4. The minimum absolute atomic E-state index is 0.00548. The minimum atomic E-state index is -0.333. The van der Waals surface area contributed by atoms with E-state index >= 15 is 0 Å². The average Bonchev–Trinajstić information content (AvgIpc) is 3.24. The van der Waals surface area contributed by atoms with Gasteiger partial charge >= 0.3 is 6.09 Å². The van der Waals surface area contributed by atoms with E-state index in [4.69, 9.17) is 14.7 Å². The van der Waals surface area contributed by atoms with E-state index < -0.39 is 0 Å². The lowest BCUT2D eigenvalue weighted by Gasteiger charge is -2.47. The summed E-state index contributed by atoms with van der Waals surface area (Å²) in [5.41, 5.74) is 6.76. The maximum atomic E-state index is 13.4. The third-order valence-electron chi connectivity index (χ3n) is 8.06. The summed E-state index contributed by atoms with van der Waals surface area (Å²) in [6.07, 6.45) is 0.749. The summed E-state index contributed by atoms with van der Waals surface area (Å²) >= 11 is 0. The monoisotopic (exact) mass is 492 g/mol. The fourth-order valence-corrected chi connectivity index (χ4v) is 6.33. The maximum absolute atomic E-state index is 13.4. The van der Waals surface area contributed by atoms with Gasteiger partial charge in [-0.15, -0.1) is 0 Å². The molecule has 3 aromatic carbocycles. The van der Waals surface area contributed by atoms with Gasteiger partial charge in [-0.1, -0.05) is 48.5 Å². The quantitative estimate of drug-likeness (QED) is 0.451. The Morgan fingerprint density at radius 3 is 2.19 bits per heavy atom. The van der Waals surface area contributed by atoms with Crippen LogP contribution in [0.1, 0.15) is 51.4 Å². The topological polar surface area (TPSA) is 79.6 Å². The van der Waals surface area contributed by atoms with Crippen molar-refractivity contribution in [2.75, 3.05) is 19.8 Å². The molecule has 2 aliphatic heterocycles. The second-order valence-corrected chi connectivity index (χ2v) is 10.2. The van der Waals surface area contributed by atoms with Crippen LogP contribution in [0.4, 0.5) is 4.79 Å². The zero-order valence-corrected chi connectivity index (χ0v) is 20.7. The van der Waals surface area contributed by atoms with Crippen molar-refractivity contribution in [1.82, 2.24) is 4.90 Å². The SMILES string of the molecule is Cc1cc(C#N)ccc1C(=O)C1CC2COCC(C1)N2C(=O)OCC1c2ccccc2-c2ccccc21. The number of benzene rings is 3. The molecule has 0 saturated carbocycles. The first kappa shape index (κ1) is 23.4. The Balaban J connectivity index is 1.16. The van der Waals surface area contributed by atoms with E-state index in [1.54, 1.807) is 18.2 Å². The second kappa shape index (κ2) is 9.49. The van der Waals surface area contributed by atoms with Crippen LogP contribution >= 0.6 is 0 Å². The maximum Gasteiger partial charge on any atom is 0.410 e. The highest BCUT2D eigenvalue weighted by Crippen LogP contribution is 2.44. The normalized spacial score (nSPS) is 22.1. The van der Waals surface area contributed by atoms with E-state index in [1.165, 1.54) is 22.3 Å². The minimum Gasteiger partial charge on any atom is -0.448 e. The van der Waals surface area contributed by atoms with E-state index in [2.05, 4.69) is 30.3 Å². The zero-order valence-electron chi connectivity index (χ0n) is 20.7. The van der Waals surface area contributed by atoms with Crippen LogP contribution in [-0.4, -0.2) is 48.7 Å². The molecule has 0 aromatic heterocycles. The van der Waals surface area contributed by atoms with E-state index in [1.807, 2.05) is 36.1 Å². The molecule has 2 fully saturated rings. The number of amides is 1. The molecule has 6 nitrogen and oxygen atoms in total. The molecule has 6 rings (SSSR count). The van der Waals surface area contributed by atoms with Crippen molar-refractivity contribution >= 4 is 11.9 Å². The van der Waals surface area contributed by atoms with Crippen molar-refractivity contribution in [2.24, 2.45) is 5.92 Å². The van der Waals surface area contributed by atoms with Crippen LogP contribution in [0.5, 0.6) is 0 Å². The summed E-state index contributed by atoms with van der Waals surface area (Å²) in [4.78, 5) is 28.6. The lowest BCUT2D eigenvalue weighted by atomic mass is 9.80. The van der Waals surface area contributed by atoms with E-state index in [0.29, 0.717) is 37.2 Å². The highest BCUT2D eigenvalue weighted by molar-refractivity contribution is 5.99. The highest BCUT2D eigenvalue weighted by Gasteiger charge is 2.45. The molecule has 3 aliphatic rings. The first-order chi connectivity index (χ1) is 18.0. The molecule has 0 spiro atoms. The number of carbonyl (C=O) groups excluding carboxylic acids is 2. The van der Waals surface area contributed by atoms with Gasteiger partial charge in [0.2, 0.25) is 0 Å².